The zero-order valence-corrected chi connectivity index (χ0v) is 23.9. The third kappa shape index (κ3) is 4.62. The molecule has 0 unspecified atom stereocenters. The molecule has 4 fully saturated rings. The van der Waals surface area contributed by atoms with Crippen molar-refractivity contribution in [3.8, 4) is 5.75 Å². The number of fused-ring (bicyclic) bond motifs is 1. The van der Waals surface area contributed by atoms with Gasteiger partial charge in [-0.25, -0.2) is 0 Å². The van der Waals surface area contributed by atoms with Gasteiger partial charge in [0, 0.05) is 17.8 Å². The van der Waals surface area contributed by atoms with Crippen LogP contribution in [0.15, 0.2) is 36.4 Å². The zero-order valence-electron chi connectivity index (χ0n) is 23.9. The Bertz CT molecular complexity index is 1160. The van der Waals surface area contributed by atoms with Gasteiger partial charge in [-0.2, -0.15) is 0 Å². The Labute approximate surface area is 237 Å². The van der Waals surface area contributed by atoms with Crippen molar-refractivity contribution in [2.45, 2.75) is 102 Å². The number of carbonyl (C=O) groups excluding carboxylic acids is 3. The number of anilines is 1. The monoisotopic (exact) mass is 549 g/mol. The molecule has 8 heteroatoms. The van der Waals surface area contributed by atoms with Crippen LogP contribution in [0.25, 0.3) is 0 Å². The van der Waals surface area contributed by atoms with E-state index in [-0.39, 0.29) is 29.8 Å². The maximum atomic E-state index is 14.3. The first-order valence-electron chi connectivity index (χ1n) is 15.4. The lowest BCUT2D eigenvalue weighted by molar-refractivity contribution is -0.145. The number of carbonyl (C=O) groups is 3. The third-order valence-electron chi connectivity index (χ3n) is 10.1. The van der Waals surface area contributed by atoms with Crippen molar-refractivity contribution in [1.82, 2.24) is 10.2 Å². The van der Waals surface area contributed by atoms with E-state index in [1.165, 1.54) is 6.42 Å². The molecule has 6 rings (SSSR count). The first-order chi connectivity index (χ1) is 19.3. The summed E-state index contributed by atoms with van der Waals surface area (Å²) in [4.78, 5) is 44.1. The first-order valence-corrected chi connectivity index (χ1v) is 15.4. The van der Waals surface area contributed by atoms with E-state index >= 15 is 0 Å². The standard InChI is InChI=1S/C32H43N3O5/c1-4-39-23-15-11-21(12-16-23)33-29(36)26-25-17-18-32(40-25)27(26)31(38)35(22-13-9-19(2)10-14-22)28(32)30(37)34-24-8-6-5-7-20(24)3/h11-12,15-20,22,24-28H,4-10,13-14H2,1-3H3,(H,33,36)(H,34,37)/t19?,20-,22?,24-,25+,26-,27+,28+,32+/m1/s1. The maximum absolute atomic E-state index is 14.3. The van der Waals surface area contributed by atoms with Crippen molar-refractivity contribution in [2.24, 2.45) is 23.7 Å². The normalized spacial score (nSPS) is 38.3. The summed E-state index contributed by atoms with van der Waals surface area (Å²) in [6.07, 6.45) is 11.4. The van der Waals surface area contributed by atoms with Gasteiger partial charge >= 0.3 is 0 Å². The van der Waals surface area contributed by atoms with Crippen LogP contribution >= 0.6 is 0 Å². The number of nitrogens with zero attached hydrogens (tertiary/aromatic N) is 1. The molecular weight excluding hydrogens is 506 g/mol. The molecule has 3 aliphatic heterocycles. The van der Waals surface area contributed by atoms with Crippen LogP contribution in [0.3, 0.4) is 0 Å². The number of rotatable bonds is 7. The molecule has 2 aliphatic carbocycles. The van der Waals surface area contributed by atoms with Crippen LogP contribution in [-0.4, -0.2) is 59.1 Å². The van der Waals surface area contributed by atoms with Gasteiger partial charge in [-0.3, -0.25) is 14.4 Å². The second-order valence-electron chi connectivity index (χ2n) is 12.7. The first kappa shape index (κ1) is 27.3. The van der Waals surface area contributed by atoms with Crippen molar-refractivity contribution >= 4 is 23.4 Å². The average Bonchev–Trinajstić information content (AvgIpc) is 3.59. The molecule has 2 N–H and O–H groups in total. The summed E-state index contributed by atoms with van der Waals surface area (Å²) < 4.78 is 12.1. The molecule has 3 heterocycles. The van der Waals surface area contributed by atoms with Crippen LogP contribution in [0.2, 0.25) is 0 Å². The number of hydrogen-bond donors (Lipinski definition) is 2. The van der Waals surface area contributed by atoms with Crippen molar-refractivity contribution in [3.63, 3.8) is 0 Å². The molecule has 8 nitrogen and oxygen atoms in total. The van der Waals surface area contributed by atoms with E-state index in [4.69, 9.17) is 9.47 Å². The maximum Gasteiger partial charge on any atom is 0.246 e. The van der Waals surface area contributed by atoms with Gasteiger partial charge in [0.05, 0.1) is 24.5 Å². The molecule has 1 spiro atoms. The molecule has 2 saturated carbocycles. The highest BCUT2D eigenvalue weighted by atomic mass is 16.5. The summed E-state index contributed by atoms with van der Waals surface area (Å²) >= 11 is 0. The lowest BCUT2D eigenvalue weighted by atomic mass is 9.74. The molecule has 7 atom stereocenters. The quantitative estimate of drug-likeness (QED) is 0.490. The van der Waals surface area contributed by atoms with E-state index in [0.717, 1.165) is 50.7 Å². The topological polar surface area (TPSA) is 97.0 Å². The number of hydrogen-bond acceptors (Lipinski definition) is 5. The molecule has 2 saturated heterocycles. The van der Waals surface area contributed by atoms with E-state index < -0.39 is 29.6 Å². The highest BCUT2D eigenvalue weighted by molar-refractivity contribution is 6.03. The lowest BCUT2D eigenvalue weighted by Crippen LogP contribution is -2.59. The van der Waals surface area contributed by atoms with Crippen LogP contribution in [0.1, 0.15) is 72.1 Å². The predicted octanol–water partition coefficient (Wildman–Crippen LogP) is 4.45. The summed E-state index contributed by atoms with van der Waals surface area (Å²) in [5.74, 6) is -0.170. The van der Waals surface area contributed by atoms with Crippen LogP contribution in [0.4, 0.5) is 5.69 Å². The predicted molar refractivity (Wildman–Crippen MR) is 152 cm³/mol. The Morgan fingerprint density at radius 1 is 1.02 bits per heavy atom. The smallest absolute Gasteiger partial charge is 0.246 e. The summed E-state index contributed by atoms with van der Waals surface area (Å²) in [5, 5.41) is 6.34. The van der Waals surface area contributed by atoms with Crippen LogP contribution in [-0.2, 0) is 19.1 Å². The van der Waals surface area contributed by atoms with Gasteiger partial charge < -0.3 is 25.0 Å². The second kappa shape index (κ2) is 10.8. The molecule has 0 radical (unpaired) electrons. The second-order valence-corrected chi connectivity index (χ2v) is 12.7. The summed E-state index contributed by atoms with van der Waals surface area (Å²) in [7, 11) is 0. The molecule has 3 amide bonds. The Morgan fingerprint density at radius 2 is 1.75 bits per heavy atom. The minimum atomic E-state index is -1.12. The van der Waals surface area contributed by atoms with Gasteiger partial charge in [0.2, 0.25) is 17.7 Å². The molecule has 1 aromatic carbocycles. The molecule has 0 aromatic heterocycles. The molecule has 1 aromatic rings. The van der Waals surface area contributed by atoms with E-state index in [9.17, 15) is 14.4 Å². The Morgan fingerprint density at radius 3 is 2.45 bits per heavy atom. The van der Waals surface area contributed by atoms with Crippen LogP contribution < -0.4 is 15.4 Å². The van der Waals surface area contributed by atoms with E-state index in [2.05, 4.69) is 24.5 Å². The number of nitrogens with one attached hydrogen (secondary N) is 2. The van der Waals surface area contributed by atoms with Crippen molar-refractivity contribution in [3.05, 3.63) is 36.4 Å². The molecule has 5 aliphatic rings. The van der Waals surface area contributed by atoms with Crippen LogP contribution in [0.5, 0.6) is 5.75 Å². The molecule has 2 bridgehead atoms. The highest BCUT2D eigenvalue weighted by Gasteiger charge is 2.73. The number of amides is 3. The fourth-order valence-corrected chi connectivity index (χ4v) is 7.94. The largest absolute Gasteiger partial charge is 0.494 e. The Balaban J connectivity index is 1.28. The minimum Gasteiger partial charge on any atom is -0.494 e. The lowest BCUT2D eigenvalue weighted by Gasteiger charge is -2.40. The fourth-order valence-electron chi connectivity index (χ4n) is 7.94. The highest BCUT2D eigenvalue weighted by Crippen LogP contribution is 2.56. The van der Waals surface area contributed by atoms with E-state index in [1.807, 2.05) is 36.1 Å². The SMILES string of the molecule is CCOc1ccc(NC(=O)[C@@H]2[C@@H]3C=C[C@]4(O3)[C@@H]2C(=O)N(C2CCC(C)CC2)[C@H]4C(=O)N[C@@H]2CCCC[C@H]2C)cc1. The number of benzene rings is 1. The minimum absolute atomic E-state index is 0.0194. The van der Waals surface area contributed by atoms with Gasteiger partial charge in [-0.05, 0) is 81.5 Å². The molecule has 216 valence electrons. The summed E-state index contributed by atoms with van der Waals surface area (Å²) in [6, 6.07) is 6.55. The summed E-state index contributed by atoms with van der Waals surface area (Å²) in [5.41, 5.74) is -0.480. The molecular formula is C32H43N3O5. The Hall–Kier alpha value is -2.87. The average molecular weight is 550 g/mol. The zero-order chi connectivity index (χ0) is 28.0. The summed E-state index contributed by atoms with van der Waals surface area (Å²) in [6.45, 7) is 6.94. The van der Waals surface area contributed by atoms with Gasteiger partial charge in [0.25, 0.3) is 0 Å². The third-order valence-corrected chi connectivity index (χ3v) is 10.1. The van der Waals surface area contributed by atoms with Gasteiger partial charge in [-0.1, -0.05) is 38.8 Å². The van der Waals surface area contributed by atoms with E-state index in [0.29, 0.717) is 24.1 Å². The number of ether oxygens (including phenoxy) is 2. The molecule has 40 heavy (non-hydrogen) atoms. The Kier molecular flexibility index (Phi) is 7.40. The van der Waals surface area contributed by atoms with Crippen LogP contribution in [0, 0.1) is 23.7 Å². The van der Waals surface area contributed by atoms with Gasteiger partial charge in [0.1, 0.15) is 17.4 Å². The van der Waals surface area contributed by atoms with Crippen molar-refractivity contribution < 1.29 is 23.9 Å². The number of likely N-dealkylation sites (tertiary alicyclic amines) is 1. The van der Waals surface area contributed by atoms with Crippen molar-refractivity contribution in [1.29, 1.82) is 0 Å². The van der Waals surface area contributed by atoms with Crippen molar-refractivity contribution in [2.75, 3.05) is 11.9 Å². The fraction of sp³-hybridized carbons (Fsp3) is 0.656. The van der Waals surface area contributed by atoms with E-state index in [1.54, 1.807) is 12.1 Å². The van der Waals surface area contributed by atoms with Gasteiger partial charge in [-0.15, -0.1) is 0 Å². The van der Waals surface area contributed by atoms with Gasteiger partial charge in [0.15, 0.2) is 0 Å².